The van der Waals surface area contributed by atoms with E-state index in [1.54, 1.807) is 0 Å². The Balaban J connectivity index is 1.02. The molecular weight excluding hydrogens is 759 g/mol. The van der Waals surface area contributed by atoms with Crippen LogP contribution in [0.25, 0.3) is 110 Å². The molecule has 0 aliphatic heterocycles. The second kappa shape index (κ2) is 15.8. The van der Waals surface area contributed by atoms with E-state index in [9.17, 15) is 0 Å². The number of hydrogen-bond donors (Lipinski definition) is 0. The molecular formula is C57H37N3S. The zero-order chi connectivity index (χ0) is 40.5. The molecule has 0 aliphatic carbocycles. The molecule has 11 rings (SSSR count). The Hall–Kier alpha value is -7.79. The van der Waals surface area contributed by atoms with Gasteiger partial charge in [0.1, 0.15) is 0 Å². The minimum atomic E-state index is 0.632. The van der Waals surface area contributed by atoms with Crippen molar-refractivity contribution in [3.8, 4) is 89.8 Å². The van der Waals surface area contributed by atoms with E-state index in [0.29, 0.717) is 17.5 Å². The summed E-state index contributed by atoms with van der Waals surface area (Å²) in [6.07, 6.45) is 0. The molecule has 9 aromatic carbocycles. The lowest BCUT2D eigenvalue weighted by Crippen LogP contribution is -2.00. The van der Waals surface area contributed by atoms with Crippen LogP contribution < -0.4 is 0 Å². The van der Waals surface area contributed by atoms with Gasteiger partial charge in [0, 0.05) is 36.9 Å². The van der Waals surface area contributed by atoms with Gasteiger partial charge in [-0.05, 0) is 67.8 Å². The fourth-order valence-electron chi connectivity index (χ4n) is 8.25. The molecule has 2 heterocycles. The summed E-state index contributed by atoms with van der Waals surface area (Å²) in [5, 5.41) is 2.34. The van der Waals surface area contributed by atoms with Gasteiger partial charge < -0.3 is 0 Å². The van der Waals surface area contributed by atoms with E-state index in [1.165, 1.54) is 53.7 Å². The monoisotopic (exact) mass is 795 g/mol. The summed E-state index contributed by atoms with van der Waals surface area (Å²) in [7, 11) is 0. The Morgan fingerprint density at radius 1 is 0.262 bits per heavy atom. The highest BCUT2D eigenvalue weighted by atomic mass is 32.1. The van der Waals surface area contributed by atoms with E-state index in [4.69, 9.17) is 15.0 Å². The van der Waals surface area contributed by atoms with Gasteiger partial charge in [0.2, 0.25) is 0 Å². The van der Waals surface area contributed by atoms with Crippen LogP contribution in [0.3, 0.4) is 0 Å². The molecule has 0 saturated heterocycles. The third-order valence-electron chi connectivity index (χ3n) is 11.4. The van der Waals surface area contributed by atoms with Crippen LogP contribution in [0.5, 0.6) is 0 Å². The molecule has 4 heteroatoms. The molecule has 3 nitrogen and oxygen atoms in total. The van der Waals surface area contributed by atoms with Gasteiger partial charge in [-0.3, -0.25) is 0 Å². The summed E-state index contributed by atoms with van der Waals surface area (Å²) < 4.78 is 2.44. The first-order valence-electron chi connectivity index (χ1n) is 20.5. The molecule has 0 unspecified atom stereocenters. The van der Waals surface area contributed by atoms with E-state index in [-0.39, 0.29) is 0 Å². The lowest BCUT2D eigenvalue weighted by atomic mass is 9.97. The highest BCUT2D eigenvalue weighted by Crippen LogP contribution is 2.44. The predicted molar refractivity (Wildman–Crippen MR) is 256 cm³/mol. The molecule has 2 aromatic heterocycles. The number of rotatable bonds is 8. The Morgan fingerprint density at radius 3 is 1.16 bits per heavy atom. The summed E-state index contributed by atoms with van der Waals surface area (Å²) in [4.78, 5) is 15.6. The standard InChI is InChI=1S/C57H37N3S/c1-4-13-38(14-5-1)41-25-27-43(28-26-41)44-31-35-46(36-32-44)56-58-55(45-33-29-42(30-34-45)39-15-6-2-7-16-39)59-57(60-56)51-23-12-24-52-53(51)50-22-11-21-49(54(50)61-52)48-20-10-19-47(37-48)40-17-8-3-9-18-40/h1-37H. The zero-order valence-corrected chi connectivity index (χ0v) is 33.9. The van der Waals surface area contributed by atoms with E-state index < -0.39 is 0 Å². The molecule has 0 N–H and O–H groups in total. The minimum absolute atomic E-state index is 0.632. The van der Waals surface area contributed by atoms with Gasteiger partial charge in [-0.1, -0.05) is 212 Å². The van der Waals surface area contributed by atoms with Crippen LogP contribution in [0.4, 0.5) is 0 Å². The first-order valence-corrected chi connectivity index (χ1v) is 21.3. The topological polar surface area (TPSA) is 38.7 Å². The second-order valence-corrected chi connectivity index (χ2v) is 16.2. The summed E-state index contributed by atoms with van der Waals surface area (Å²) in [6.45, 7) is 0. The van der Waals surface area contributed by atoms with Crippen molar-refractivity contribution in [2.75, 3.05) is 0 Å². The van der Waals surface area contributed by atoms with Gasteiger partial charge in [0.25, 0.3) is 0 Å². The number of benzene rings is 9. The molecule has 61 heavy (non-hydrogen) atoms. The molecule has 0 saturated carbocycles. The Kier molecular flexibility index (Phi) is 9.38. The summed E-state index contributed by atoms with van der Waals surface area (Å²) in [6, 6.07) is 79.3. The van der Waals surface area contributed by atoms with Crippen LogP contribution in [-0.2, 0) is 0 Å². The molecule has 0 atom stereocenters. The first-order chi connectivity index (χ1) is 30.2. The van der Waals surface area contributed by atoms with Crippen molar-refractivity contribution in [2.24, 2.45) is 0 Å². The number of fused-ring (bicyclic) bond motifs is 3. The molecule has 0 bridgehead atoms. The quantitative estimate of drug-likeness (QED) is 0.154. The largest absolute Gasteiger partial charge is 0.208 e. The van der Waals surface area contributed by atoms with Crippen molar-refractivity contribution in [1.82, 2.24) is 15.0 Å². The van der Waals surface area contributed by atoms with Crippen molar-refractivity contribution >= 4 is 31.5 Å². The summed E-state index contributed by atoms with van der Waals surface area (Å²) in [5.74, 6) is 1.91. The van der Waals surface area contributed by atoms with Crippen molar-refractivity contribution in [3.05, 3.63) is 224 Å². The van der Waals surface area contributed by atoms with E-state index >= 15 is 0 Å². The van der Waals surface area contributed by atoms with Crippen molar-refractivity contribution < 1.29 is 0 Å². The van der Waals surface area contributed by atoms with Crippen molar-refractivity contribution in [1.29, 1.82) is 0 Å². The maximum atomic E-state index is 5.26. The highest BCUT2D eigenvalue weighted by molar-refractivity contribution is 7.26. The van der Waals surface area contributed by atoms with Crippen LogP contribution in [0, 0.1) is 0 Å². The number of nitrogens with zero attached hydrogens (tertiary/aromatic N) is 3. The van der Waals surface area contributed by atoms with E-state index in [0.717, 1.165) is 38.8 Å². The van der Waals surface area contributed by atoms with Crippen LogP contribution in [0.2, 0.25) is 0 Å². The molecule has 0 aliphatic rings. The number of thiophene rings is 1. The van der Waals surface area contributed by atoms with Crippen molar-refractivity contribution in [3.63, 3.8) is 0 Å². The van der Waals surface area contributed by atoms with Crippen LogP contribution in [0.15, 0.2) is 224 Å². The number of aromatic nitrogens is 3. The highest BCUT2D eigenvalue weighted by Gasteiger charge is 2.19. The van der Waals surface area contributed by atoms with Gasteiger partial charge in [-0.2, -0.15) is 0 Å². The molecule has 286 valence electrons. The minimum Gasteiger partial charge on any atom is -0.208 e. The summed E-state index contributed by atoms with van der Waals surface area (Å²) in [5.41, 5.74) is 14.7. The first kappa shape index (κ1) is 36.3. The van der Waals surface area contributed by atoms with Crippen molar-refractivity contribution in [2.45, 2.75) is 0 Å². The molecule has 11 aromatic rings. The lowest BCUT2D eigenvalue weighted by Gasteiger charge is -2.11. The smallest absolute Gasteiger partial charge is 0.164 e. The average molecular weight is 796 g/mol. The lowest BCUT2D eigenvalue weighted by molar-refractivity contribution is 1.08. The zero-order valence-electron chi connectivity index (χ0n) is 33.1. The third-order valence-corrected chi connectivity index (χ3v) is 12.6. The average Bonchev–Trinajstić information content (AvgIpc) is 3.74. The van der Waals surface area contributed by atoms with Gasteiger partial charge in [-0.25, -0.2) is 15.0 Å². The van der Waals surface area contributed by atoms with Gasteiger partial charge in [0.05, 0.1) is 0 Å². The third kappa shape index (κ3) is 7.09. The maximum absolute atomic E-state index is 5.26. The maximum Gasteiger partial charge on any atom is 0.164 e. The molecule has 0 fully saturated rings. The molecule has 0 amide bonds. The van der Waals surface area contributed by atoms with Gasteiger partial charge in [0.15, 0.2) is 17.5 Å². The fraction of sp³-hybridized carbons (Fsp3) is 0. The predicted octanol–water partition coefficient (Wildman–Crippen LogP) is 15.6. The van der Waals surface area contributed by atoms with Crippen LogP contribution in [0.1, 0.15) is 0 Å². The normalized spacial score (nSPS) is 11.3. The van der Waals surface area contributed by atoms with Crippen LogP contribution in [-0.4, -0.2) is 15.0 Å². The Labute approximate surface area is 359 Å². The van der Waals surface area contributed by atoms with Gasteiger partial charge >= 0.3 is 0 Å². The number of hydrogen-bond acceptors (Lipinski definition) is 4. The Morgan fingerprint density at radius 2 is 0.639 bits per heavy atom. The van der Waals surface area contributed by atoms with Crippen LogP contribution >= 0.6 is 11.3 Å². The SMILES string of the molecule is c1ccc(-c2ccc(-c3ccc(-c4nc(-c5ccc(-c6ccccc6)cc5)nc(-c5cccc6sc7c(-c8cccc(-c9ccccc9)c8)cccc7c56)n4)cc3)cc2)cc1. The second-order valence-electron chi connectivity index (χ2n) is 15.2. The summed E-state index contributed by atoms with van der Waals surface area (Å²) >= 11 is 1.82. The Bertz CT molecular complexity index is 3300. The fourth-order valence-corrected chi connectivity index (χ4v) is 9.52. The van der Waals surface area contributed by atoms with E-state index in [1.807, 2.05) is 23.5 Å². The van der Waals surface area contributed by atoms with Gasteiger partial charge in [-0.15, -0.1) is 11.3 Å². The molecule has 0 spiro atoms. The van der Waals surface area contributed by atoms with E-state index in [2.05, 4.69) is 212 Å². The molecule has 0 radical (unpaired) electrons.